The molecule has 0 radical (unpaired) electrons. The monoisotopic (exact) mass is 281 g/mol. The first-order valence-electron chi connectivity index (χ1n) is 5.89. The number of halogens is 4. The van der Waals surface area contributed by atoms with Crippen LogP contribution < -0.4 is 5.32 Å². The Morgan fingerprint density at radius 3 is 2.78 bits per heavy atom. The van der Waals surface area contributed by atoms with Crippen molar-refractivity contribution >= 4 is 11.6 Å². The van der Waals surface area contributed by atoms with Gasteiger partial charge in [0.2, 0.25) is 0 Å². The van der Waals surface area contributed by atoms with Crippen LogP contribution in [0.2, 0.25) is 5.15 Å². The molecule has 1 aromatic heterocycles. The van der Waals surface area contributed by atoms with Crippen LogP contribution in [0.15, 0.2) is 0 Å². The van der Waals surface area contributed by atoms with Gasteiger partial charge in [0, 0.05) is 12.6 Å². The number of alkyl halides is 3. The lowest BCUT2D eigenvalue weighted by Gasteiger charge is -2.22. The Kier molecular flexibility index (Phi) is 3.87. The van der Waals surface area contributed by atoms with Crippen molar-refractivity contribution in [2.45, 2.75) is 25.4 Å². The fourth-order valence-electron chi connectivity index (χ4n) is 2.34. The molecule has 102 valence electrons. The highest BCUT2D eigenvalue weighted by Crippen LogP contribution is 2.35. The molecule has 0 amide bonds. The molecule has 7 heteroatoms. The van der Waals surface area contributed by atoms with Gasteiger partial charge < -0.3 is 5.32 Å². The van der Waals surface area contributed by atoms with E-state index >= 15 is 0 Å². The fourth-order valence-corrected chi connectivity index (χ4v) is 2.55. The van der Waals surface area contributed by atoms with Crippen LogP contribution >= 0.6 is 11.6 Å². The number of nitrogens with zero attached hydrogens (tertiary/aromatic N) is 2. The molecule has 0 bridgehead atoms. The summed E-state index contributed by atoms with van der Waals surface area (Å²) in [6.45, 7) is 1.67. The Morgan fingerprint density at radius 2 is 2.22 bits per heavy atom. The van der Waals surface area contributed by atoms with E-state index in [1.807, 2.05) is 0 Å². The van der Waals surface area contributed by atoms with Crippen LogP contribution in [0.1, 0.15) is 24.1 Å². The van der Waals surface area contributed by atoms with Gasteiger partial charge in [0.25, 0.3) is 0 Å². The van der Waals surface area contributed by atoms with Crippen molar-refractivity contribution in [3.8, 4) is 0 Å². The number of nitrogens with one attached hydrogen (secondary N) is 1. The minimum atomic E-state index is -4.44. The van der Waals surface area contributed by atoms with Gasteiger partial charge in [-0.3, -0.25) is 4.68 Å². The highest BCUT2D eigenvalue weighted by atomic mass is 35.5. The van der Waals surface area contributed by atoms with Gasteiger partial charge in [-0.1, -0.05) is 11.6 Å². The number of hydrogen-bond donors (Lipinski definition) is 1. The quantitative estimate of drug-likeness (QED) is 0.903. The van der Waals surface area contributed by atoms with Crippen molar-refractivity contribution in [3.63, 3.8) is 0 Å². The molecule has 1 atom stereocenters. The summed E-state index contributed by atoms with van der Waals surface area (Å²) < 4.78 is 39.6. The first-order chi connectivity index (χ1) is 8.39. The second kappa shape index (κ2) is 5.09. The highest BCUT2D eigenvalue weighted by Gasteiger charge is 2.39. The lowest BCUT2D eigenvalue weighted by atomic mass is 9.92. The summed E-state index contributed by atoms with van der Waals surface area (Å²) in [5.74, 6) is 0.196. The van der Waals surface area contributed by atoms with Gasteiger partial charge in [-0.15, -0.1) is 0 Å². The summed E-state index contributed by atoms with van der Waals surface area (Å²) in [7, 11) is 1.43. The molecule has 1 aliphatic heterocycles. The standard InChI is InChI=1S/C11H15ClF3N3/c1-18-10(12)8(9(17-18)11(13,14)15)5-7-3-2-4-16-6-7/h7,16H,2-6H2,1H3. The van der Waals surface area contributed by atoms with Crippen molar-refractivity contribution < 1.29 is 13.2 Å². The van der Waals surface area contributed by atoms with E-state index in [0.29, 0.717) is 6.42 Å². The van der Waals surface area contributed by atoms with Crippen LogP contribution in [0, 0.1) is 5.92 Å². The summed E-state index contributed by atoms with van der Waals surface area (Å²) in [5, 5.41) is 6.76. The third-order valence-electron chi connectivity index (χ3n) is 3.23. The molecule has 18 heavy (non-hydrogen) atoms. The second-order valence-electron chi connectivity index (χ2n) is 4.66. The zero-order valence-electron chi connectivity index (χ0n) is 10.0. The van der Waals surface area contributed by atoms with Crippen LogP contribution in [0.5, 0.6) is 0 Å². The van der Waals surface area contributed by atoms with Gasteiger partial charge in [0.1, 0.15) is 5.15 Å². The lowest BCUT2D eigenvalue weighted by molar-refractivity contribution is -0.142. The Balaban J connectivity index is 2.25. The van der Waals surface area contributed by atoms with E-state index in [-0.39, 0.29) is 16.6 Å². The van der Waals surface area contributed by atoms with Crippen molar-refractivity contribution in [2.75, 3.05) is 13.1 Å². The van der Waals surface area contributed by atoms with E-state index in [4.69, 9.17) is 11.6 Å². The van der Waals surface area contributed by atoms with Crippen LogP contribution in [0.3, 0.4) is 0 Å². The van der Waals surface area contributed by atoms with E-state index in [2.05, 4.69) is 10.4 Å². The van der Waals surface area contributed by atoms with Gasteiger partial charge in [-0.05, 0) is 38.3 Å². The second-order valence-corrected chi connectivity index (χ2v) is 5.01. The van der Waals surface area contributed by atoms with Crippen LogP contribution in [-0.2, 0) is 19.6 Å². The molecule has 0 saturated carbocycles. The Labute approximate surface area is 108 Å². The van der Waals surface area contributed by atoms with Crippen molar-refractivity contribution in [1.82, 2.24) is 15.1 Å². The molecule has 3 nitrogen and oxygen atoms in total. The predicted molar refractivity (Wildman–Crippen MR) is 62.5 cm³/mol. The van der Waals surface area contributed by atoms with Crippen molar-refractivity contribution in [1.29, 1.82) is 0 Å². The minimum Gasteiger partial charge on any atom is -0.316 e. The molecular formula is C11H15ClF3N3. The summed E-state index contributed by atoms with van der Waals surface area (Å²) in [6.07, 6.45) is -2.20. The van der Waals surface area contributed by atoms with Crippen LogP contribution in [0.25, 0.3) is 0 Å². The minimum absolute atomic E-state index is 0.0906. The molecule has 1 fully saturated rings. The zero-order chi connectivity index (χ0) is 13.3. The van der Waals surface area contributed by atoms with Gasteiger partial charge in [-0.2, -0.15) is 18.3 Å². The third kappa shape index (κ3) is 2.80. The first kappa shape index (κ1) is 13.7. The molecule has 2 heterocycles. The highest BCUT2D eigenvalue weighted by molar-refractivity contribution is 6.30. The molecule has 1 unspecified atom stereocenters. The van der Waals surface area contributed by atoms with E-state index < -0.39 is 11.9 Å². The summed E-state index contributed by atoms with van der Waals surface area (Å²) in [4.78, 5) is 0. The Hall–Kier alpha value is -0.750. The Morgan fingerprint density at radius 1 is 1.50 bits per heavy atom. The van der Waals surface area contributed by atoms with Gasteiger partial charge in [-0.25, -0.2) is 0 Å². The molecule has 1 aromatic rings. The smallest absolute Gasteiger partial charge is 0.316 e. The maximum Gasteiger partial charge on any atom is 0.435 e. The molecule has 2 rings (SSSR count). The first-order valence-corrected chi connectivity index (χ1v) is 6.26. The van der Waals surface area contributed by atoms with Crippen LogP contribution in [-0.4, -0.2) is 22.9 Å². The van der Waals surface area contributed by atoms with Gasteiger partial charge >= 0.3 is 6.18 Å². The van der Waals surface area contributed by atoms with Crippen LogP contribution in [0.4, 0.5) is 13.2 Å². The van der Waals surface area contributed by atoms with E-state index in [0.717, 1.165) is 30.6 Å². The van der Waals surface area contributed by atoms with Crippen molar-refractivity contribution in [2.24, 2.45) is 13.0 Å². The topological polar surface area (TPSA) is 29.9 Å². The molecule has 1 saturated heterocycles. The average molecular weight is 282 g/mol. The maximum atomic E-state index is 12.8. The van der Waals surface area contributed by atoms with E-state index in [1.54, 1.807) is 0 Å². The van der Waals surface area contributed by atoms with Gasteiger partial charge in [0.15, 0.2) is 5.69 Å². The van der Waals surface area contributed by atoms with E-state index in [1.165, 1.54) is 7.05 Å². The average Bonchev–Trinajstić information content (AvgIpc) is 2.58. The predicted octanol–water partition coefficient (Wildman–Crippen LogP) is 2.63. The zero-order valence-corrected chi connectivity index (χ0v) is 10.8. The molecule has 0 aromatic carbocycles. The number of aryl methyl sites for hydroxylation is 1. The number of rotatable bonds is 2. The summed E-state index contributed by atoms with van der Waals surface area (Å²) >= 11 is 5.92. The largest absolute Gasteiger partial charge is 0.435 e. The summed E-state index contributed by atoms with van der Waals surface area (Å²) in [5.41, 5.74) is -0.721. The fraction of sp³-hybridized carbons (Fsp3) is 0.727. The molecule has 1 N–H and O–H groups in total. The number of hydrogen-bond acceptors (Lipinski definition) is 2. The third-order valence-corrected chi connectivity index (χ3v) is 3.70. The normalized spacial score (nSPS) is 21.3. The molecular weight excluding hydrogens is 267 g/mol. The summed E-state index contributed by atoms with van der Waals surface area (Å²) in [6, 6.07) is 0. The van der Waals surface area contributed by atoms with Gasteiger partial charge in [0.05, 0.1) is 0 Å². The van der Waals surface area contributed by atoms with Crippen molar-refractivity contribution in [3.05, 3.63) is 16.4 Å². The molecule has 0 aliphatic carbocycles. The number of aromatic nitrogens is 2. The van der Waals surface area contributed by atoms with E-state index in [9.17, 15) is 13.2 Å². The number of piperidine rings is 1. The molecule has 1 aliphatic rings. The maximum absolute atomic E-state index is 12.8. The molecule has 0 spiro atoms. The lowest BCUT2D eigenvalue weighted by Crippen LogP contribution is -2.31. The Bertz CT molecular complexity index is 422. The SMILES string of the molecule is Cn1nc(C(F)(F)F)c(CC2CCCNC2)c1Cl.